The van der Waals surface area contributed by atoms with Crippen LogP contribution in [0.5, 0.6) is 5.75 Å². The highest BCUT2D eigenvalue weighted by molar-refractivity contribution is 6.31. The minimum absolute atomic E-state index is 0.0535. The number of methoxy groups -OCH3 is 1. The van der Waals surface area contributed by atoms with Crippen molar-refractivity contribution in [3.63, 3.8) is 0 Å². The zero-order valence-electron chi connectivity index (χ0n) is 11.2. The van der Waals surface area contributed by atoms with E-state index in [-0.39, 0.29) is 6.42 Å². The number of hydrogen-bond donors (Lipinski definition) is 1. The summed E-state index contributed by atoms with van der Waals surface area (Å²) in [5, 5.41) is 9.57. The van der Waals surface area contributed by atoms with Crippen LogP contribution in [0.4, 0.5) is 0 Å². The van der Waals surface area contributed by atoms with Gasteiger partial charge in [-0.05, 0) is 24.1 Å². The Morgan fingerprint density at radius 3 is 2.50 bits per heavy atom. The van der Waals surface area contributed by atoms with E-state index >= 15 is 0 Å². The first-order valence-corrected chi connectivity index (χ1v) is 6.28. The van der Waals surface area contributed by atoms with Gasteiger partial charge in [-0.1, -0.05) is 32.4 Å². The van der Waals surface area contributed by atoms with E-state index in [1.54, 1.807) is 7.11 Å². The molecule has 1 rings (SSSR count). The van der Waals surface area contributed by atoms with Crippen LogP contribution in [0.3, 0.4) is 0 Å². The molecule has 0 spiro atoms. The number of carboxylic acids is 1. The Balaban J connectivity index is 3.26. The van der Waals surface area contributed by atoms with Gasteiger partial charge < -0.3 is 9.84 Å². The molecule has 0 heterocycles. The standard InChI is InChI=1S/C14H19ClO3/c1-5-10-11(15)6-9(7-12(10)18-4)14(2,3)8-13(16)17/h6-7H,5,8H2,1-4H3,(H,16,17). The molecule has 1 N–H and O–H groups in total. The summed E-state index contributed by atoms with van der Waals surface area (Å²) in [5.74, 6) is -0.104. The molecule has 0 fully saturated rings. The maximum Gasteiger partial charge on any atom is 0.304 e. The molecular formula is C14H19ClO3. The second kappa shape index (κ2) is 5.61. The van der Waals surface area contributed by atoms with Crippen LogP contribution in [0.2, 0.25) is 5.02 Å². The molecule has 4 heteroatoms. The minimum Gasteiger partial charge on any atom is -0.496 e. The van der Waals surface area contributed by atoms with Gasteiger partial charge in [0, 0.05) is 16.0 Å². The third-order valence-corrected chi connectivity index (χ3v) is 3.44. The van der Waals surface area contributed by atoms with Gasteiger partial charge in [0.15, 0.2) is 0 Å². The summed E-state index contributed by atoms with van der Waals surface area (Å²) in [6, 6.07) is 3.72. The predicted octanol–water partition coefficient (Wildman–Crippen LogP) is 3.66. The van der Waals surface area contributed by atoms with Crippen molar-refractivity contribution in [2.24, 2.45) is 0 Å². The Labute approximate surface area is 113 Å². The molecule has 0 radical (unpaired) electrons. The fourth-order valence-corrected chi connectivity index (χ4v) is 2.35. The molecule has 0 bridgehead atoms. The van der Waals surface area contributed by atoms with Gasteiger partial charge >= 0.3 is 5.97 Å². The summed E-state index contributed by atoms with van der Waals surface area (Å²) in [5.41, 5.74) is 1.35. The number of rotatable bonds is 5. The molecule has 0 aliphatic carbocycles. The lowest BCUT2D eigenvalue weighted by molar-refractivity contribution is -0.138. The highest BCUT2D eigenvalue weighted by atomic mass is 35.5. The van der Waals surface area contributed by atoms with Gasteiger partial charge in [-0.25, -0.2) is 0 Å². The Morgan fingerprint density at radius 2 is 2.06 bits per heavy atom. The van der Waals surface area contributed by atoms with Crippen molar-refractivity contribution in [1.82, 2.24) is 0 Å². The second-order valence-electron chi connectivity index (χ2n) is 4.95. The molecule has 0 atom stereocenters. The van der Waals surface area contributed by atoms with Gasteiger partial charge in [0.25, 0.3) is 0 Å². The number of carboxylic acid groups (broad SMARTS) is 1. The molecule has 0 aliphatic heterocycles. The van der Waals surface area contributed by atoms with Crippen molar-refractivity contribution in [3.05, 3.63) is 28.3 Å². The van der Waals surface area contributed by atoms with Crippen molar-refractivity contribution >= 4 is 17.6 Å². The third-order valence-electron chi connectivity index (χ3n) is 3.10. The van der Waals surface area contributed by atoms with Gasteiger partial charge in [0.1, 0.15) is 5.75 Å². The van der Waals surface area contributed by atoms with E-state index in [0.717, 1.165) is 23.3 Å². The maximum atomic E-state index is 10.9. The van der Waals surface area contributed by atoms with Crippen LogP contribution in [0, 0.1) is 0 Å². The van der Waals surface area contributed by atoms with E-state index in [2.05, 4.69) is 0 Å². The Kier molecular flexibility index (Phi) is 4.63. The number of benzene rings is 1. The van der Waals surface area contributed by atoms with Crippen LogP contribution in [0.15, 0.2) is 12.1 Å². The van der Waals surface area contributed by atoms with Crippen LogP contribution in [0.25, 0.3) is 0 Å². The first-order valence-electron chi connectivity index (χ1n) is 5.90. The monoisotopic (exact) mass is 270 g/mol. The highest BCUT2D eigenvalue weighted by Gasteiger charge is 2.26. The lowest BCUT2D eigenvalue weighted by Crippen LogP contribution is -2.22. The smallest absolute Gasteiger partial charge is 0.304 e. The lowest BCUT2D eigenvalue weighted by Gasteiger charge is -2.25. The topological polar surface area (TPSA) is 46.5 Å². The Bertz CT molecular complexity index is 453. The zero-order valence-corrected chi connectivity index (χ0v) is 12.0. The Hall–Kier alpha value is -1.22. The molecular weight excluding hydrogens is 252 g/mol. The summed E-state index contributed by atoms with van der Waals surface area (Å²) < 4.78 is 5.33. The first kappa shape index (κ1) is 14.8. The molecule has 0 saturated heterocycles. The van der Waals surface area contributed by atoms with Gasteiger partial charge in [-0.3, -0.25) is 4.79 Å². The van der Waals surface area contributed by atoms with E-state index in [1.165, 1.54) is 0 Å². The fourth-order valence-electron chi connectivity index (χ4n) is 2.01. The Morgan fingerprint density at radius 1 is 1.44 bits per heavy atom. The number of halogens is 1. The molecule has 0 amide bonds. The fraction of sp³-hybridized carbons (Fsp3) is 0.500. The first-order chi connectivity index (χ1) is 8.31. The summed E-state index contributed by atoms with van der Waals surface area (Å²) >= 11 is 6.23. The minimum atomic E-state index is -0.824. The molecule has 3 nitrogen and oxygen atoms in total. The molecule has 100 valence electrons. The molecule has 0 unspecified atom stereocenters. The summed E-state index contributed by atoms with van der Waals surface area (Å²) in [6.45, 7) is 5.78. The normalized spacial score (nSPS) is 11.4. The van der Waals surface area contributed by atoms with E-state index in [1.807, 2.05) is 32.9 Å². The number of ether oxygens (including phenoxy) is 1. The van der Waals surface area contributed by atoms with Crippen molar-refractivity contribution in [1.29, 1.82) is 0 Å². The highest BCUT2D eigenvalue weighted by Crippen LogP contribution is 2.35. The average molecular weight is 271 g/mol. The molecule has 0 saturated carbocycles. The van der Waals surface area contributed by atoms with Crippen LogP contribution in [-0.2, 0) is 16.6 Å². The van der Waals surface area contributed by atoms with Crippen molar-refractivity contribution in [2.45, 2.75) is 39.0 Å². The predicted molar refractivity (Wildman–Crippen MR) is 72.7 cm³/mol. The molecule has 1 aromatic rings. The lowest BCUT2D eigenvalue weighted by atomic mass is 9.81. The third kappa shape index (κ3) is 3.16. The van der Waals surface area contributed by atoms with E-state index in [9.17, 15) is 4.79 Å². The van der Waals surface area contributed by atoms with Gasteiger partial charge in [-0.2, -0.15) is 0 Å². The van der Waals surface area contributed by atoms with E-state index in [4.69, 9.17) is 21.4 Å². The van der Waals surface area contributed by atoms with Crippen LogP contribution >= 0.6 is 11.6 Å². The SMILES string of the molecule is CCc1c(Cl)cc(C(C)(C)CC(=O)O)cc1OC. The molecule has 18 heavy (non-hydrogen) atoms. The van der Waals surface area contributed by atoms with Gasteiger partial charge in [-0.15, -0.1) is 0 Å². The molecule has 1 aromatic carbocycles. The van der Waals surface area contributed by atoms with Gasteiger partial charge in [0.2, 0.25) is 0 Å². The largest absolute Gasteiger partial charge is 0.496 e. The number of aliphatic carboxylic acids is 1. The quantitative estimate of drug-likeness (QED) is 0.888. The van der Waals surface area contributed by atoms with Crippen LogP contribution in [0.1, 0.15) is 38.3 Å². The van der Waals surface area contributed by atoms with Crippen LogP contribution < -0.4 is 4.74 Å². The molecule has 0 aliphatic rings. The average Bonchev–Trinajstić information content (AvgIpc) is 2.26. The summed E-state index contributed by atoms with van der Waals surface area (Å²) in [4.78, 5) is 10.9. The number of carbonyl (C=O) groups is 1. The van der Waals surface area contributed by atoms with Gasteiger partial charge in [0.05, 0.1) is 13.5 Å². The second-order valence-corrected chi connectivity index (χ2v) is 5.35. The zero-order chi connectivity index (χ0) is 13.9. The van der Waals surface area contributed by atoms with Crippen molar-refractivity contribution in [2.75, 3.05) is 7.11 Å². The molecule has 0 aromatic heterocycles. The summed E-state index contributed by atoms with van der Waals surface area (Å²) in [7, 11) is 1.60. The van der Waals surface area contributed by atoms with E-state index in [0.29, 0.717) is 5.02 Å². The van der Waals surface area contributed by atoms with Crippen molar-refractivity contribution < 1.29 is 14.6 Å². The van der Waals surface area contributed by atoms with E-state index < -0.39 is 11.4 Å². The summed E-state index contributed by atoms with van der Waals surface area (Å²) in [6.07, 6.45) is 0.833. The van der Waals surface area contributed by atoms with Crippen molar-refractivity contribution in [3.8, 4) is 5.75 Å². The maximum absolute atomic E-state index is 10.9. The van der Waals surface area contributed by atoms with Crippen LogP contribution in [-0.4, -0.2) is 18.2 Å². The number of hydrogen-bond acceptors (Lipinski definition) is 2.